The van der Waals surface area contributed by atoms with Crippen LogP contribution < -0.4 is 5.32 Å². The average molecular weight is 398 g/mol. The van der Waals surface area contributed by atoms with E-state index in [-0.39, 0.29) is 28.4 Å². The normalized spacial score (nSPS) is 18.7. The molecule has 9 nitrogen and oxygen atoms in total. The van der Waals surface area contributed by atoms with Gasteiger partial charge in [0.25, 0.3) is 11.1 Å². The van der Waals surface area contributed by atoms with Crippen molar-refractivity contribution in [3.63, 3.8) is 0 Å². The minimum absolute atomic E-state index is 0.00972. The minimum Gasteiger partial charge on any atom is -0.416 e. The maximum Gasteiger partial charge on any atom is 0.277 e. The molecule has 26 heavy (non-hydrogen) atoms. The number of sulfone groups is 1. The number of aryl methyl sites for hydroxylation is 1. The van der Waals surface area contributed by atoms with Gasteiger partial charge in [-0.2, -0.15) is 0 Å². The molecule has 1 saturated heterocycles. The van der Waals surface area contributed by atoms with Crippen molar-refractivity contribution in [2.24, 2.45) is 13.0 Å². The lowest BCUT2D eigenvalue weighted by Gasteiger charge is -2.04. The van der Waals surface area contributed by atoms with Crippen LogP contribution in [0.4, 0.5) is 0 Å². The van der Waals surface area contributed by atoms with Crippen LogP contribution in [0.2, 0.25) is 0 Å². The molecule has 0 aliphatic carbocycles. The van der Waals surface area contributed by atoms with Gasteiger partial charge in [-0.1, -0.05) is 11.8 Å². The topological polar surface area (TPSA) is 124 Å². The second kappa shape index (κ2) is 7.62. The molecule has 0 radical (unpaired) electrons. The Bertz CT molecular complexity index is 918. The quantitative estimate of drug-likeness (QED) is 0.695. The molecule has 2 amide bonds. The Morgan fingerprint density at radius 2 is 2.23 bits per heavy atom. The number of rotatable bonds is 6. The third-order valence-corrected chi connectivity index (χ3v) is 6.65. The average Bonchev–Trinajstić information content (AvgIpc) is 3.26. The molecule has 1 atom stereocenters. The molecular formula is C15H18N4O5S2. The van der Waals surface area contributed by atoms with Gasteiger partial charge in [-0.15, -0.1) is 10.2 Å². The van der Waals surface area contributed by atoms with Gasteiger partial charge < -0.3 is 8.98 Å². The van der Waals surface area contributed by atoms with E-state index < -0.39 is 21.7 Å². The lowest BCUT2D eigenvalue weighted by molar-refractivity contribution is -0.117. The number of carbonyl (C=O) groups excluding carboxylic acids is 2. The molecule has 0 saturated carbocycles. The molecule has 1 fully saturated rings. The van der Waals surface area contributed by atoms with Crippen molar-refractivity contribution < 1.29 is 22.4 Å². The van der Waals surface area contributed by atoms with Crippen LogP contribution in [0, 0.1) is 5.92 Å². The van der Waals surface area contributed by atoms with E-state index >= 15 is 0 Å². The molecule has 1 N–H and O–H groups in total. The van der Waals surface area contributed by atoms with Gasteiger partial charge in [0.05, 0.1) is 17.3 Å². The van der Waals surface area contributed by atoms with E-state index in [0.717, 1.165) is 11.8 Å². The summed E-state index contributed by atoms with van der Waals surface area (Å²) in [5.41, 5.74) is 0.384. The molecule has 0 spiro atoms. The van der Waals surface area contributed by atoms with Crippen LogP contribution in [0.15, 0.2) is 28.0 Å². The van der Waals surface area contributed by atoms with Crippen LogP contribution in [-0.4, -0.2) is 52.3 Å². The van der Waals surface area contributed by atoms with Crippen molar-refractivity contribution in [3.8, 4) is 0 Å². The lowest BCUT2D eigenvalue weighted by atomic mass is 10.1. The molecule has 1 aliphatic rings. The number of thioether (sulfide) groups is 1. The van der Waals surface area contributed by atoms with Crippen molar-refractivity contribution >= 4 is 33.4 Å². The highest BCUT2D eigenvalue weighted by Gasteiger charge is 2.29. The minimum atomic E-state index is -2.95. The SMILES string of the molecule is Cn1cccc1C(=O)NC(=O)CSc1nnc(C[C@H]2CCS(=O)(=O)C2)o1. The molecule has 0 unspecified atom stereocenters. The van der Waals surface area contributed by atoms with E-state index in [1.165, 1.54) is 0 Å². The first-order valence-corrected chi connectivity index (χ1v) is 10.7. The van der Waals surface area contributed by atoms with Crippen LogP contribution in [-0.2, 0) is 28.1 Å². The predicted octanol–water partition coefficient (Wildman–Crippen LogP) is 0.434. The maximum atomic E-state index is 11.9. The lowest BCUT2D eigenvalue weighted by Crippen LogP contribution is -2.32. The summed E-state index contributed by atoms with van der Waals surface area (Å²) in [4.78, 5) is 23.8. The molecule has 3 rings (SSSR count). The summed E-state index contributed by atoms with van der Waals surface area (Å²) in [6.07, 6.45) is 2.71. The summed E-state index contributed by atoms with van der Waals surface area (Å²) >= 11 is 1.02. The highest BCUT2D eigenvalue weighted by atomic mass is 32.2. The van der Waals surface area contributed by atoms with Gasteiger partial charge >= 0.3 is 0 Å². The van der Waals surface area contributed by atoms with Gasteiger partial charge in [-0.3, -0.25) is 14.9 Å². The van der Waals surface area contributed by atoms with Crippen LogP contribution >= 0.6 is 11.8 Å². The first-order valence-electron chi connectivity index (χ1n) is 7.93. The Kier molecular flexibility index (Phi) is 5.47. The molecule has 2 aromatic heterocycles. The van der Waals surface area contributed by atoms with Gasteiger partial charge in [-0.25, -0.2) is 8.42 Å². The third kappa shape index (κ3) is 4.73. The van der Waals surface area contributed by atoms with Crippen LogP contribution in [0.25, 0.3) is 0 Å². The summed E-state index contributed by atoms with van der Waals surface area (Å²) in [5.74, 6) is -0.307. The number of hydrogen-bond donors (Lipinski definition) is 1. The van der Waals surface area contributed by atoms with E-state index in [1.807, 2.05) is 0 Å². The first-order chi connectivity index (χ1) is 12.3. The van der Waals surface area contributed by atoms with E-state index in [4.69, 9.17) is 4.42 Å². The Morgan fingerprint density at radius 1 is 1.42 bits per heavy atom. The van der Waals surface area contributed by atoms with E-state index in [1.54, 1.807) is 29.9 Å². The Balaban J connectivity index is 1.46. The van der Waals surface area contributed by atoms with E-state index in [9.17, 15) is 18.0 Å². The number of imide groups is 1. The van der Waals surface area contributed by atoms with Crippen molar-refractivity contribution in [1.82, 2.24) is 20.1 Å². The smallest absolute Gasteiger partial charge is 0.277 e. The highest BCUT2D eigenvalue weighted by Crippen LogP contribution is 2.23. The largest absolute Gasteiger partial charge is 0.416 e. The van der Waals surface area contributed by atoms with Gasteiger partial charge in [0.15, 0.2) is 9.84 Å². The monoisotopic (exact) mass is 398 g/mol. The fourth-order valence-corrected chi connectivity index (χ4v) is 5.15. The number of nitrogens with one attached hydrogen (secondary N) is 1. The number of hydrogen-bond acceptors (Lipinski definition) is 8. The fraction of sp³-hybridized carbons (Fsp3) is 0.467. The van der Waals surface area contributed by atoms with E-state index in [2.05, 4.69) is 15.5 Å². The number of aromatic nitrogens is 3. The van der Waals surface area contributed by atoms with Crippen LogP contribution in [0.3, 0.4) is 0 Å². The molecule has 11 heteroatoms. The highest BCUT2D eigenvalue weighted by molar-refractivity contribution is 7.99. The first kappa shape index (κ1) is 18.6. The fourth-order valence-electron chi connectivity index (χ4n) is 2.71. The number of carbonyl (C=O) groups is 2. The summed E-state index contributed by atoms with van der Waals surface area (Å²) in [7, 11) is -1.23. The molecular weight excluding hydrogens is 380 g/mol. The Labute approximate surface area is 154 Å². The van der Waals surface area contributed by atoms with Crippen LogP contribution in [0.1, 0.15) is 22.8 Å². The molecule has 3 heterocycles. The van der Waals surface area contributed by atoms with Crippen molar-refractivity contribution in [3.05, 3.63) is 29.9 Å². The second-order valence-corrected chi connectivity index (χ2v) is 9.26. The molecule has 140 valence electrons. The molecule has 2 aromatic rings. The van der Waals surface area contributed by atoms with E-state index in [0.29, 0.717) is 24.4 Å². The van der Waals surface area contributed by atoms with Gasteiger partial charge in [0.2, 0.25) is 11.8 Å². The third-order valence-electron chi connectivity index (χ3n) is 3.99. The summed E-state index contributed by atoms with van der Waals surface area (Å²) < 4.78 is 30.0. The van der Waals surface area contributed by atoms with Gasteiger partial charge in [-0.05, 0) is 24.5 Å². The molecule has 1 aliphatic heterocycles. The Morgan fingerprint density at radius 3 is 2.88 bits per heavy atom. The second-order valence-electron chi connectivity index (χ2n) is 6.11. The zero-order valence-electron chi connectivity index (χ0n) is 14.0. The maximum absolute atomic E-state index is 11.9. The summed E-state index contributed by atoms with van der Waals surface area (Å²) in [6.45, 7) is 0. The zero-order valence-corrected chi connectivity index (χ0v) is 15.7. The standard InChI is InChI=1S/C15H18N4O5S2/c1-19-5-2-3-11(19)14(21)16-12(20)8-25-15-18-17-13(24-15)7-10-4-6-26(22,23)9-10/h2-3,5,10H,4,6-9H2,1H3,(H,16,20,21)/t10-/m1/s1. The number of nitrogens with zero attached hydrogens (tertiary/aromatic N) is 3. The summed E-state index contributed by atoms with van der Waals surface area (Å²) in [6, 6.07) is 3.33. The summed E-state index contributed by atoms with van der Waals surface area (Å²) in [5, 5.41) is 10.2. The molecule has 0 aromatic carbocycles. The predicted molar refractivity (Wildman–Crippen MR) is 93.4 cm³/mol. The van der Waals surface area contributed by atoms with Gasteiger partial charge in [0, 0.05) is 19.7 Å². The van der Waals surface area contributed by atoms with Crippen LogP contribution in [0.5, 0.6) is 0 Å². The van der Waals surface area contributed by atoms with Crippen molar-refractivity contribution in [1.29, 1.82) is 0 Å². The Hall–Kier alpha value is -2.14. The van der Waals surface area contributed by atoms with Crippen molar-refractivity contribution in [2.45, 2.75) is 18.1 Å². The zero-order chi connectivity index (χ0) is 18.7. The molecule has 0 bridgehead atoms. The van der Waals surface area contributed by atoms with Gasteiger partial charge in [0.1, 0.15) is 5.69 Å². The number of amides is 2. The van der Waals surface area contributed by atoms with Crippen molar-refractivity contribution in [2.75, 3.05) is 17.3 Å².